The summed E-state index contributed by atoms with van der Waals surface area (Å²) in [4.78, 5) is 29.6. The minimum atomic E-state index is -2.74. The summed E-state index contributed by atoms with van der Waals surface area (Å²) in [6.45, 7) is 6.16. The van der Waals surface area contributed by atoms with E-state index >= 15 is 0 Å². The topological polar surface area (TPSA) is 76.4 Å². The molecule has 2 aromatic heterocycles. The van der Waals surface area contributed by atoms with Crippen LogP contribution in [0.1, 0.15) is 69.1 Å². The normalized spacial score (nSPS) is 20.1. The molecular weight excluding hydrogens is 502 g/mol. The molecule has 210 valence electrons. The molecule has 5 rings (SSSR count). The highest BCUT2D eigenvalue weighted by atomic mass is 19.3. The van der Waals surface area contributed by atoms with Crippen molar-refractivity contribution in [1.29, 1.82) is 0 Å². The van der Waals surface area contributed by atoms with Gasteiger partial charge in [-0.05, 0) is 62.6 Å². The Morgan fingerprint density at radius 1 is 1.08 bits per heavy atom. The van der Waals surface area contributed by atoms with Gasteiger partial charge < -0.3 is 14.5 Å². The number of morpholine rings is 1. The van der Waals surface area contributed by atoms with E-state index in [0.717, 1.165) is 49.9 Å². The quantitative estimate of drug-likeness (QED) is 0.388. The number of anilines is 1. The third-order valence-corrected chi connectivity index (χ3v) is 8.21. The predicted molar refractivity (Wildman–Crippen MR) is 147 cm³/mol. The molecule has 1 aromatic carbocycles. The maximum atomic E-state index is 14.2. The van der Waals surface area contributed by atoms with Crippen LogP contribution in [0.5, 0.6) is 0 Å². The summed E-state index contributed by atoms with van der Waals surface area (Å²) >= 11 is 0. The lowest BCUT2D eigenvalue weighted by atomic mass is 9.82. The van der Waals surface area contributed by atoms with E-state index in [4.69, 9.17) is 14.7 Å². The minimum Gasteiger partial charge on any atom is -0.378 e. The number of nitrogens with zero attached hydrogens (tertiary/aromatic N) is 6. The van der Waals surface area contributed by atoms with Crippen LogP contribution in [0, 0.1) is 12.8 Å². The fraction of sp³-hybridized carbons (Fsp3) is 0.586. The van der Waals surface area contributed by atoms with Gasteiger partial charge in [-0.2, -0.15) is 0 Å². The van der Waals surface area contributed by atoms with Gasteiger partial charge in [-0.15, -0.1) is 0 Å². The molecule has 1 amide bonds. The van der Waals surface area contributed by atoms with Gasteiger partial charge >= 0.3 is 0 Å². The highest BCUT2D eigenvalue weighted by Gasteiger charge is 2.26. The van der Waals surface area contributed by atoms with Crippen molar-refractivity contribution in [3.05, 3.63) is 41.5 Å². The van der Waals surface area contributed by atoms with Crippen LogP contribution < -0.4 is 4.90 Å². The number of ether oxygens (including phenoxy) is 1. The summed E-state index contributed by atoms with van der Waals surface area (Å²) in [6, 6.07) is 7.68. The molecule has 0 radical (unpaired) electrons. The predicted octanol–water partition coefficient (Wildman–Crippen LogP) is 5.26. The highest BCUT2D eigenvalue weighted by molar-refractivity contribution is 5.79. The van der Waals surface area contributed by atoms with Crippen LogP contribution in [0.3, 0.4) is 0 Å². The molecule has 0 unspecified atom stereocenters. The summed E-state index contributed by atoms with van der Waals surface area (Å²) in [5.74, 6) is 2.27. The van der Waals surface area contributed by atoms with Crippen molar-refractivity contribution < 1.29 is 18.3 Å². The molecule has 1 aliphatic carbocycles. The van der Waals surface area contributed by atoms with Crippen molar-refractivity contribution in [3.63, 3.8) is 0 Å². The molecule has 3 aromatic rings. The van der Waals surface area contributed by atoms with E-state index in [1.54, 1.807) is 19.1 Å². The molecule has 8 nitrogen and oxygen atoms in total. The smallest absolute Gasteiger partial charge is 0.296 e. The van der Waals surface area contributed by atoms with Gasteiger partial charge in [0.2, 0.25) is 5.91 Å². The number of halogens is 2. The molecule has 1 aliphatic heterocycles. The highest BCUT2D eigenvalue weighted by Crippen LogP contribution is 2.32. The zero-order chi connectivity index (χ0) is 27.5. The van der Waals surface area contributed by atoms with Crippen molar-refractivity contribution in [3.8, 4) is 5.82 Å². The number of carbonyl (C=O) groups is 1. The van der Waals surface area contributed by atoms with Gasteiger partial charge in [0.25, 0.3) is 6.43 Å². The van der Waals surface area contributed by atoms with Crippen molar-refractivity contribution in [2.45, 2.75) is 71.3 Å². The Morgan fingerprint density at radius 2 is 1.79 bits per heavy atom. The molecule has 0 spiro atoms. The molecule has 0 N–H and O–H groups in total. The Bertz CT molecular complexity index is 1300. The monoisotopic (exact) mass is 540 g/mol. The molecule has 1 saturated heterocycles. The molecular formula is C29H38F2N6O2. The third-order valence-electron chi connectivity index (χ3n) is 8.21. The van der Waals surface area contributed by atoms with E-state index in [9.17, 15) is 13.6 Å². The number of hydrogen-bond acceptors (Lipinski definition) is 6. The summed E-state index contributed by atoms with van der Waals surface area (Å²) in [5.41, 5.74) is 2.11. The van der Waals surface area contributed by atoms with Gasteiger partial charge in [0.15, 0.2) is 5.82 Å². The average molecular weight is 541 g/mol. The van der Waals surface area contributed by atoms with Crippen molar-refractivity contribution in [1.82, 2.24) is 24.4 Å². The summed E-state index contributed by atoms with van der Waals surface area (Å²) < 4.78 is 35.3. The lowest BCUT2D eigenvalue weighted by molar-refractivity contribution is -0.130. The van der Waals surface area contributed by atoms with E-state index in [0.29, 0.717) is 67.4 Å². The van der Waals surface area contributed by atoms with E-state index in [-0.39, 0.29) is 11.7 Å². The standard InChI is InChI=1S/C29H38F2N6O2/c1-19-7-12-23-24(17-19)37(29(32-23)28(30)31)27-18-26(36-13-15-39-16-14-36)33-25(34-27)6-4-5-21-8-10-22(11-9-21)35(3)20(2)38/h7,12,17-18,21-22,28H,4-6,8-11,13-16H2,1-3H3/t21-,22-. The second-order valence-corrected chi connectivity index (χ2v) is 10.9. The lowest BCUT2D eigenvalue weighted by Gasteiger charge is -2.34. The van der Waals surface area contributed by atoms with Crippen molar-refractivity contribution in [2.75, 3.05) is 38.3 Å². The molecule has 0 atom stereocenters. The Hall–Kier alpha value is -3.14. The fourth-order valence-electron chi connectivity index (χ4n) is 5.87. The Labute approximate surface area is 228 Å². The van der Waals surface area contributed by atoms with Crippen LogP contribution in [-0.4, -0.2) is 69.7 Å². The number of imidazole rings is 1. The number of benzene rings is 1. The zero-order valence-corrected chi connectivity index (χ0v) is 23.1. The van der Waals surface area contributed by atoms with Crippen LogP contribution in [0.15, 0.2) is 24.3 Å². The Kier molecular flexibility index (Phi) is 8.40. The van der Waals surface area contributed by atoms with Gasteiger partial charge in [0.05, 0.1) is 24.2 Å². The number of fused-ring (bicyclic) bond motifs is 1. The second-order valence-electron chi connectivity index (χ2n) is 10.9. The number of amides is 1. The summed E-state index contributed by atoms with van der Waals surface area (Å²) in [7, 11) is 1.90. The first-order valence-electron chi connectivity index (χ1n) is 14.0. The second kappa shape index (κ2) is 11.9. The average Bonchev–Trinajstić information content (AvgIpc) is 3.32. The minimum absolute atomic E-state index is 0.127. The van der Waals surface area contributed by atoms with Crippen LogP contribution in [0.4, 0.5) is 14.6 Å². The van der Waals surface area contributed by atoms with E-state index in [1.807, 2.05) is 31.0 Å². The molecule has 10 heteroatoms. The lowest BCUT2D eigenvalue weighted by Crippen LogP contribution is -2.38. The molecule has 3 heterocycles. The van der Waals surface area contributed by atoms with Crippen LogP contribution in [0.2, 0.25) is 0 Å². The maximum Gasteiger partial charge on any atom is 0.296 e. The van der Waals surface area contributed by atoms with E-state index in [1.165, 1.54) is 4.57 Å². The molecule has 2 aliphatic rings. The first-order valence-corrected chi connectivity index (χ1v) is 14.0. The van der Waals surface area contributed by atoms with Crippen LogP contribution in [0.25, 0.3) is 16.9 Å². The fourth-order valence-corrected chi connectivity index (χ4v) is 5.87. The van der Waals surface area contributed by atoms with Gasteiger partial charge in [-0.3, -0.25) is 9.36 Å². The zero-order valence-electron chi connectivity index (χ0n) is 23.1. The number of carbonyl (C=O) groups excluding carboxylic acids is 1. The number of aromatic nitrogens is 4. The van der Waals surface area contributed by atoms with Gasteiger partial charge in [-0.25, -0.2) is 23.7 Å². The Balaban J connectivity index is 1.38. The van der Waals surface area contributed by atoms with E-state index < -0.39 is 6.43 Å². The SMILES string of the molecule is CC(=O)N(C)[C@H]1CC[C@H](CCCc2nc(N3CCOCC3)cc(-n3c(C(F)F)nc4ccc(C)cc43)n2)CC1. The van der Waals surface area contributed by atoms with Gasteiger partial charge in [0.1, 0.15) is 17.5 Å². The maximum absolute atomic E-state index is 14.2. The number of rotatable bonds is 8. The first-order chi connectivity index (χ1) is 18.8. The molecule has 0 bridgehead atoms. The van der Waals surface area contributed by atoms with Gasteiger partial charge in [-0.1, -0.05) is 12.5 Å². The summed E-state index contributed by atoms with van der Waals surface area (Å²) in [6.07, 6.45) is 4.23. The third kappa shape index (κ3) is 6.21. The van der Waals surface area contributed by atoms with Gasteiger partial charge in [0, 0.05) is 45.6 Å². The number of aryl methyl sites for hydroxylation is 2. The van der Waals surface area contributed by atoms with Crippen molar-refractivity contribution in [2.24, 2.45) is 5.92 Å². The van der Waals surface area contributed by atoms with Crippen molar-refractivity contribution >= 4 is 22.8 Å². The largest absolute Gasteiger partial charge is 0.378 e. The molecule has 39 heavy (non-hydrogen) atoms. The number of hydrogen-bond donors (Lipinski definition) is 0. The Morgan fingerprint density at radius 3 is 2.49 bits per heavy atom. The number of alkyl halides is 2. The first kappa shape index (κ1) is 27.4. The molecule has 1 saturated carbocycles. The molecule has 2 fully saturated rings. The van der Waals surface area contributed by atoms with Crippen LogP contribution >= 0.6 is 0 Å². The van der Waals surface area contributed by atoms with E-state index in [2.05, 4.69) is 9.88 Å². The van der Waals surface area contributed by atoms with Crippen LogP contribution in [-0.2, 0) is 16.0 Å². The summed E-state index contributed by atoms with van der Waals surface area (Å²) in [5, 5.41) is 0.